The number of hydrogen-bond acceptors (Lipinski definition) is 2. The number of aliphatic hydroxyl groups excluding tert-OH is 1. The van der Waals surface area contributed by atoms with Gasteiger partial charge in [-0.2, -0.15) is 0 Å². The second-order valence-corrected chi connectivity index (χ2v) is 2.30. The second kappa shape index (κ2) is 2.78. The first-order valence-electron chi connectivity index (χ1n) is 3.14. The Morgan fingerprint density at radius 3 is 2.89 bits per heavy atom. The average Bonchev–Trinajstić information content (AvgIpc) is 1.89. The lowest BCUT2D eigenvalue weighted by Crippen LogP contribution is -2.21. The fraction of sp³-hybridized carbons (Fsp3) is 0.571. The molecule has 0 aliphatic heterocycles. The van der Waals surface area contributed by atoms with E-state index in [9.17, 15) is 4.79 Å². The van der Waals surface area contributed by atoms with Gasteiger partial charge in [0.1, 0.15) is 6.29 Å². The normalized spacial score (nSPS) is 34.3. The summed E-state index contributed by atoms with van der Waals surface area (Å²) in [4.78, 5) is 10.2. The van der Waals surface area contributed by atoms with Crippen LogP contribution in [0.5, 0.6) is 0 Å². The Kier molecular flexibility index (Phi) is 2.01. The van der Waals surface area contributed by atoms with Gasteiger partial charge in [0.25, 0.3) is 0 Å². The summed E-state index contributed by atoms with van der Waals surface area (Å²) >= 11 is 0. The molecule has 1 aliphatic carbocycles. The van der Waals surface area contributed by atoms with Crippen LogP contribution in [0.3, 0.4) is 0 Å². The first-order valence-corrected chi connectivity index (χ1v) is 3.14. The molecule has 2 nitrogen and oxygen atoms in total. The van der Waals surface area contributed by atoms with Crippen molar-refractivity contribution in [1.82, 2.24) is 0 Å². The molecule has 0 amide bonds. The Bertz CT molecular complexity index is 129. The first-order chi connectivity index (χ1) is 4.34. The SMILES string of the molecule is O=CC1CCC=CC1O. The largest absolute Gasteiger partial charge is 0.388 e. The minimum Gasteiger partial charge on any atom is -0.388 e. The van der Waals surface area contributed by atoms with Crippen LogP contribution in [0.15, 0.2) is 12.2 Å². The summed E-state index contributed by atoms with van der Waals surface area (Å²) in [5, 5.41) is 9.05. The van der Waals surface area contributed by atoms with Crippen LogP contribution >= 0.6 is 0 Å². The average molecular weight is 126 g/mol. The molecule has 0 spiro atoms. The summed E-state index contributed by atoms with van der Waals surface area (Å²) in [5.74, 6) is -0.157. The Hall–Kier alpha value is -0.630. The van der Waals surface area contributed by atoms with Gasteiger partial charge in [0.15, 0.2) is 0 Å². The van der Waals surface area contributed by atoms with Crippen molar-refractivity contribution in [2.45, 2.75) is 18.9 Å². The lowest BCUT2D eigenvalue weighted by molar-refractivity contribution is -0.113. The maximum absolute atomic E-state index is 10.2. The number of hydrogen-bond donors (Lipinski definition) is 1. The van der Waals surface area contributed by atoms with E-state index in [-0.39, 0.29) is 5.92 Å². The highest BCUT2D eigenvalue weighted by Gasteiger charge is 2.17. The van der Waals surface area contributed by atoms with E-state index in [4.69, 9.17) is 5.11 Å². The lowest BCUT2D eigenvalue weighted by Gasteiger charge is -2.16. The zero-order chi connectivity index (χ0) is 6.69. The molecular weight excluding hydrogens is 116 g/mol. The van der Waals surface area contributed by atoms with Crippen molar-refractivity contribution in [1.29, 1.82) is 0 Å². The van der Waals surface area contributed by atoms with Crippen LogP contribution in [0.25, 0.3) is 0 Å². The van der Waals surface area contributed by atoms with Gasteiger partial charge in [-0.25, -0.2) is 0 Å². The number of aliphatic hydroxyl groups is 1. The number of aldehydes is 1. The molecule has 0 aromatic carbocycles. The summed E-state index contributed by atoms with van der Waals surface area (Å²) in [6, 6.07) is 0. The van der Waals surface area contributed by atoms with Gasteiger partial charge in [-0.05, 0) is 12.8 Å². The topological polar surface area (TPSA) is 37.3 Å². The first kappa shape index (κ1) is 6.49. The molecular formula is C7H10O2. The standard InChI is InChI=1S/C7H10O2/c8-5-6-3-1-2-4-7(6)9/h2,4-7,9H,1,3H2. The van der Waals surface area contributed by atoms with Crippen molar-refractivity contribution >= 4 is 6.29 Å². The molecule has 0 radical (unpaired) electrons. The van der Waals surface area contributed by atoms with Gasteiger partial charge >= 0.3 is 0 Å². The molecule has 2 atom stereocenters. The third-order valence-electron chi connectivity index (χ3n) is 1.61. The van der Waals surface area contributed by atoms with Gasteiger partial charge in [0.2, 0.25) is 0 Å². The molecule has 2 unspecified atom stereocenters. The molecule has 1 N–H and O–H groups in total. The van der Waals surface area contributed by atoms with Crippen molar-refractivity contribution in [3.8, 4) is 0 Å². The van der Waals surface area contributed by atoms with Crippen molar-refractivity contribution in [3.05, 3.63) is 12.2 Å². The van der Waals surface area contributed by atoms with E-state index in [2.05, 4.69) is 0 Å². The van der Waals surface area contributed by atoms with Gasteiger partial charge in [-0.3, -0.25) is 0 Å². The van der Waals surface area contributed by atoms with Crippen LogP contribution < -0.4 is 0 Å². The molecule has 9 heavy (non-hydrogen) atoms. The molecule has 0 bridgehead atoms. The molecule has 0 heterocycles. The van der Waals surface area contributed by atoms with E-state index in [1.165, 1.54) is 0 Å². The van der Waals surface area contributed by atoms with E-state index >= 15 is 0 Å². The molecule has 0 fully saturated rings. The van der Waals surface area contributed by atoms with Crippen molar-refractivity contribution in [2.24, 2.45) is 5.92 Å². The molecule has 0 aromatic rings. The predicted molar refractivity (Wildman–Crippen MR) is 33.9 cm³/mol. The van der Waals surface area contributed by atoms with Gasteiger partial charge in [-0.15, -0.1) is 0 Å². The number of allylic oxidation sites excluding steroid dienone is 1. The smallest absolute Gasteiger partial charge is 0.125 e. The lowest BCUT2D eigenvalue weighted by atomic mass is 9.93. The summed E-state index contributed by atoms with van der Waals surface area (Å²) in [6.45, 7) is 0. The zero-order valence-electron chi connectivity index (χ0n) is 5.16. The highest BCUT2D eigenvalue weighted by molar-refractivity contribution is 5.55. The van der Waals surface area contributed by atoms with Crippen molar-refractivity contribution < 1.29 is 9.90 Å². The van der Waals surface area contributed by atoms with E-state index < -0.39 is 6.10 Å². The second-order valence-electron chi connectivity index (χ2n) is 2.30. The summed E-state index contributed by atoms with van der Waals surface area (Å²) in [7, 11) is 0. The van der Waals surface area contributed by atoms with E-state index in [0.29, 0.717) is 0 Å². The fourth-order valence-corrected chi connectivity index (χ4v) is 0.986. The van der Waals surface area contributed by atoms with Crippen LogP contribution in [0, 0.1) is 5.92 Å². The highest BCUT2D eigenvalue weighted by atomic mass is 16.3. The fourth-order valence-electron chi connectivity index (χ4n) is 0.986. The number of carbonyl (C=O) groups is 1. The van der Waals surface area contributed by atoms with Crippen LogP contribution in [0.1, 0.15) is 12.8 Å². The molecule has 1 aliphatic rings. The molecule has 1 rings (SSSR count). The van der Waals surface area contributed by atoms with Crippen LogP contribution in [-0.2, 0) is 4.79 Å². The van der Waals surface area contributed by atoms with E-state index in [1.54, 1.807) is 6.08 Å². The van der Waals surface area contributed by atoms with Crippen LogP contribution in [-0.4, -0.2) is 17.5 Å². The minimum atomic E-state index is -0.531. The van der Waals surface area contributed by atoms with Gasteiger partial charge in [-0.1, -0.05) is 12.2 Å². The van der Waals surface area contributed by atoms with Gasteiger partial charge in [0.05, 0.1) is 6.10 Å². The Labute approximate surface area is 54.2 Å². The van der Waals surface area contributed by atoms with Crippen LogP contribution in [0.4, 0.5) is 0 Å². The molecule has 2 heteroatoms. The highest BCUT2D eigenvalue weighted by Crippen LogP contribution is 2.15. The number of carbonyl (C=O) groups excluding carboxylic acids is 1. The Morgan fingerprint density at radius 2 is 2.44 bits per heavy atom. The summed E-state index contributed by atoms with van der Waals surface area (Å²) < 4.78 is 0. The predicted octanol–water partition coefficient (Wildman–Crippen LogP) is 0.512. The third kappa shape index (κ3) is 1.39. The molecule has 0 aromatic heterocycles. The molecule has 0 saturated carbocycles. The van der Waals surface area contributed by atoms with Crippen LogP contribution in [0.2, 0.25) is 0 Å². The Balaban J connectivity index is 2.54. The van der Waals surface area contributed by atoms with Crippen molar-refractivity contribution in [2.75, 3.05) is 0 Å². The molecule has 50 valence electrons. The van der Waals surface area contributed by atoms with Gasteiger partial charge < -0.3 is 9.90 Å². The van der Waals surface area contributed by atoms with Crippen molar-refractivity contribution in [3.63, 3.8) is 0 Å². The quantitative estimate of drug-likeness (QED) is 0.410. The van der Waals surface area contributed by atoms with E-state index in [1.807, 2.05) is 6.08 Å². The maximum Gasteiger partial charge on any atom is 0.125 e. The van der Waals surface area contributed by atoms with E-state index in [0.717, 1.165) is 19.1 Å². The number of rotatable bonds is 1. The summed E-state index contributed by atoms with van der Waals surface area (Å²) in [5.41, 5.74) is 0. The monoisotopic (exact) mass is 126 g/mol. The van der Waals surface area contributed by atoms with Gasteiger partial charge in [0, 0.05) is 5.92 Å². The maximum atomic E-state index is 10.2. The third-order valence-corrected chi connectivity index (χ3v) is 1.61. The zero-order valence-corrected chi connectivity index (χ0v) is 5.16. The Morgan fingerprint density at radius 1 is 1.67 bits per heavy atom. The minimum absolute atomic E-state index is 0.157. The molecule has 0 saturated heterocycles. The summed E-state index contributed by atoms with van der Waals surface area (Å²) in [6.07, 6.45) is 5.60.